The molecule has 0 radical (unpaired) electrons. The Hall–Kier alpha value is -3.22. The van der Waals surface area contributed by atoms with Crippen LogP contribution in [0.4, 0.5) is 0 Å². The lowest BCUT2D eigenvalue weighted by atomic mass is 10.0. The van der Waals surface area contributed by atoms with Gasteiger partial charge in [0.05, 0.1) is 24.4 Å². The van der Waals surface area contributed by atoms with Gasteiger partial charge in [-0.05, 0) is 47.9 Å². The lowest BCUT2D eigenvalue weighted by Crippen LogP contribution is -2.14. The van der Waals surface area contributed by atoms with Gasteiger partial charge in [0.2, 0.25) is 0 Å². The topological polar surface area (TPSA) is 71.1 Å². The molecule has 0 atom stereocenters. The molecular formula is C23H24O6. The molecule has 0 spiro atoms. The number of hydrogen-bond donors (Lipinski definition) is 0. The number of aryl methyl sites for hydroxylation is 1. The zero-order valence-electron chi connectivity index (χ0n) is 16.8. The Morgan fingerprint density at radius 3 is 1.83 bits per heavy atom. The molecule has 29 heavy (non-hydrogen) atoms. The first-order valence-electron chi connectivity index (χ1n) is 8.84. The summed E-state index contributed by atoms with van der Waals surface area (Å²) in [6.07, 6.45) is 0. The van der Waals surface area contributed by atoms with E-state index < -0.39 is 11.9 Å². The Morgan fingerprint density at radius 1 is 0.793 bits per heavy atom. The summed E-state index contributed by atoms with van der Waals surface area (Å²) in [4.78, 5) is 23.8. The lowest BCUT2D eigenvalue weighted by Gasteiger charge is -2.11. The van der Waals surface area contributed by atoms with E-state index in [4.69, 9.17) is 18.9 Å². The molecule has 0 saturated carbocycles. The average Bonchev–Trinajstić information content (AvgIpc) is 2.70. The van der Waals surface area contributed by atoms with E-state index in [-0.39, 0.29) is 24.4 Å². The predicted octanol–water partition coefficient (Wildman–Crippen LogP) is 3.88. The van der Waals surface area contributed by atoms with Crippen LogP contribution < -0.4 is 9.47 Å². The molecule has 0 aliphatic rings. The molecule has 6 heteroatoms. The van der Waals surface area contributed by atoms with E-state index in [1.54, 1.807) is 18.2 Å². The first-order chi connectivity index (χ1) is 13.8. The molecule has 0 N–H and O–H groups in total. The van der Waals surface area contributed by atoms with Crippen molar-refractivity contribution in [2.24, 2.45) is 0 Å². The first kappa shape index (κ1) is 22.1. The van der Waals surface area contributed by atoms with Gasteiger partial charge in [0, 0.05) is 14.2 Å². The minimum Gasteiger partial charge on any atom is -0.423 e. The third-order valence-corrected chi connectivity index (χ3v) is 3.99. The molecule has 2 aromatic carbocycles. The Labute approximate surface area is 170 Å². The highest BCUT2D eigenvalue weighted by Gasteiger charge is 2.13. The van der Waals surface area contributed by atoms with Gasteiger partial charge >= 0.3 is 11.9 Å². The largest absolute Gasteiger partial charge is 0.423 e. The third kappa shape index (κ3) is 6.14. The van der Waals surface area contributed by atoms with Crippen molar-refractivity contribution in [3.63, 3.8) is 0 Å². The fourth-order valence-electron chi connectivity index (χ4n) is 2.48. The summed E-state index contributed by atoms with van der Waals surface area (Å²) in [5, 5.41) is 0. The van der Waals surface area contributed by atoms with Crippen LogP contribution in [-0.4, -0.2) is 39.4 Å². The number of carbonyl (C=O) groups excluding carboxylic acids is 2. The molecule has 0 aliphatic carbocycles. The van der Waals surface area contributed by atoms with Gasteiger partial charge < -0.3 is 18.9 Å². The van der Waals surface area contributed by atoms with Crippen LogP contribution in [0.3, 0.4) is 0 Å². The lowest BCUT2D eigenvalue weighted by molar-refractivity contribution is -0.131. The van der Waals surface area contributed by atoms with Crippen molar-refractivity contribution in [2.45, 2.75) is 6.92 Å². The van der Waals surface area contributed by atoms with Gasteiger partial charge in [-0.25, -0.2) is 9.59 Å². The van der Waals surface area contributed by atoms with Crippen LogP contribution >= 0.6 is 0 Å². The van der Waals surface area contributed by atoms with Crippen LogP contribution in [0.5, 0.6) is 11.5 Å². The summed E-state index contributed by atoms with van der Waals surface area (Å²) in [7, 11) is 2.97. The van der Waals surface area contributed by atoms with Gasteiger partial charge in [0.1, 0.15) is 11.5 Å². The molecule has 0 saturated heterocycles. The van der Waals surface area contributed by atoms with E-state index in [0.717, 1.165) is 16.7 Å². The minimum absolute atomic E-state index is 0.117. The van der Waals surface area contributed by atoms with E-state index >= 15 is 0 Å². The molecule has 2 aromatic rings. The van der Waals surface area contributed by atoms with Crippen LogP contribution in [0, 0.1) is 6.92 Å². The van der Waals surface area contributed by atoms with Gasteiger partial charge in [0.25, 0.3) is 0 Å². The number of carbonyl (C=O) groups is 2. The molecule has 6 nitrogen and oxygen atoms in total. The van der Waals surface area contributed by atoms with E-state index in [1.807, 2.05) is 31.2 Å². The van der Waals surface area contributed by atoms with Crippen LogP contribution in [-0.2, 0) is 19.1 Å². The van der Waals surface area contributed by atoms with Crippen molar-refractivity contribution in [3.8, 4) is 22.6 Å². The molecule has 152 valence electrons. The third-order valence-electron chi connectivity index (χ3n) is 3.99. The number of benzene rings is 2. The van der Waals surface area contributed by atoms with Crippen LogP contribution in [0.2, 0.25) is 0 Å². The molecular weight excluding hydrogens is 372 g/mol. The summed E-state index contributed by atoms with van der Waals surface area (Å²) in [6, 6.07) is 12.5. The van der Waals surface area contributed by atoms with Crippen molar-refractivity contribution in [3.05, 3.63) is 72.3 Å². The highest BCUT2D eigenvalue weighted by Crippen LogP contribution is 2.28. The maximum atomic E-state index is 12.0. The van der Waals surface area contributed by atoms with Gasteiger partial charge in [-0.2, -0.15) is 0 Å². The zero-order valence-corrected chi connectivity index (χ0v) is 16.8. The summed E-state index contributed by atoms with van der Waals surface area (Å²) >= 11 is 0. The molecule has 0 bridgehead atoms. The molecule has 2 rings (SSSR count). The second-order valence-corrected chi connectivity index (χ2v) is 6.36. The zero-order chi connectivity index (χ0) is 21.4. The highest BCUT2D eigenvalue weighted by atomic mass is 16.5. The molecule has 0 unspecified atom stereocenters. The Morgan fingerprint density at radius 2 is 1.31 bits per heavy atom. The maximum Gasteiger partial charge on any atom is 0.341 e. The van der Waals surface area contributed by atoms with Gasteiger partial charge in [0.15, 0.2) is 0 Å². The normalized spacial score (nSPS) is 10.3. The minimum atomic E-state index is -0.531. The van der Waals surface area contributed by atoms with Crippen molar-refractivity contribution < 1.29 is 28.5 Å². The van der Waals surface area contributed by atoms with Crippen LogP contribution in [0.15, 0.2) is 66.8 Å². The molecule has 0 amide bonds. The fourth-order valence-corrected chi connectivity index (χ4v) is 2.48. The summed E-state index contributed by atoms with van der Waals surface area (Å²) in [6.45, 7) is 9.34. The monoisotopic (exact) mass is 396 g/mol. The Bertz CT molecular complexity index is 911. The fraction of sp³-hybridized carbons (Fsp3) is 0.217. The molecule has 0 heterocycles. The smallest absolute Gasteiger partial charge is 0.341 e. The Kier molecular flexibility index (Phi) is 7.88. The van der Waals surface area contributed by atoms with E-state index in [0.29, 0.717) is 11.5 Å². The van der Waals surface area contributed by atoms with Crippen molar-refractivity contribution in [1.29, 1.82) is 0 Å². The molecule has 0 fully saturated rings. The first-order valence-corrected chi connectivity index (χ1v) is 8.84. The maximum absolute atomic E-state index is 12.0. The van der Waals surface area contributed by atoms with Gasteiger partial charge in [-0.3, -0.25) is 0 Å². The van der Waals surface area contributed by atoms with Crippen LogP contribution in [0.25, 0.3) is 11.1 Å². The SMILES string of the molecule is C=C(COC)C(=O)Oc1ccc(-c2ccc(OC(=O)C(=C)COC)c(C)c2)cc1. The summed E-state index contributed by atoms with van der Waals surface area (Å²) in [5.74, 6) is -0.186. The van der Waals surface area contributed by atoms with Crippen LogP contribution in [0.1, 0.15) is 5.56 Å². The average molecular weight is 396 g/mol. The Balaban J connectivity index is 2.08. The number of rotatable bonds is 9. The number of ether oxygens (including phenoxy) is 4. The van der Waals surface area contributed by atoms with Crippen molar-refractivity contribution in [2.75, 3.05) is 27.4 Å². The molecule has 0 aliphatic heterocycles. The molecule has 0 aromatic heterocycles. The quantitative estimate of drug-likeness (QED) is 0.364. The summed E-state index contributed by atoms with van der Waals surface area (Å²) in [5.41, 5.74) is 3.14. The number of esters is 2. The second kappa shape index (κ2) is 10.4. The number of methoxy groups -OCH3 is 2. The standard InChI is InChI=1S/C23H24O6/c1-15-12-19(8-11-21(15)29-23(25)17(3)14-27-5)18-6-9-20(10-7-18)28-22(24)16(2)13-26-4/h6-12H,2-3,13-14H2,1,4-5H3. The second-order valence-electron chi connectivity index (χ2n) is 6.36. The van der Waals surface area contributed by atoms with E-state index in [9.17, 15) is 9.59 Å². The van der Waals surface area contributed by atoms with Crippen molar-refractivity contribution in [1.82, 2.24) is 0 Å². The van der Waals surface area contributed by atoms with Gasteiger partial charge in [-0.15, -0.1) is 0 Å². The van der Waals surface area contributed by atoms with Gasteiger partial charge in [-0.1, -0.05) is 31.4 Å². The van der Waals surface area contributed by atoms with Crippen molar-refractivity contribution >= 4 is 11.9 Å². The number of hydrogen-bond acceptors (Lipinski definition) is 6. The van der Waals surface area contributed by atoms with E-state index in [1.165, 1.54) is 14.2 Å². The van der Waals surface area contributed by atoms with E-state index in [2.05, 4.69) is 13.2 Å². The summed E-state index contributed by atoms with van der Waals surface area (Å²) < 4.78 is 20.4. The predicted molar refractivity (Wildman–Crippen MR) is 110 cm³/mol. The highest BCUT2D eigenvalue weighted by molar-refractivity contribution is 5.90.